The molecule has 0 aliphatic heterocycles. The number of thiophene rings is 1. The molecule has 1 N–H and O–H groups in total. The molecule has 134 valence electrons. The molecule has 7 heteroatoms. The monoisotopic (exact) mass is 479 g/mol. The van der Waals surface area contributed by atoms with Crippen LogP contribution < -0.4 is 10.9 Å². The third-order valence-electron chi connectivity index (χ3n) is 4.67. The Hall–Kier alpha value is -1.74. The molecule has 0 radical (unpaired) electrons. The zero-order valence-electron chi connectivity index (χ0n) is 14.1. The van der Waals surface area contributed by atoms with Gasteiger partial charge < -0.3 is 5.32 Å². The van der Waals surface area contributed by atoms with E-state index >= 15 is 0 Å². The molecule has 2 heterocycles. The van der Waals surface area contributed by atoms with Crippen LogP contribution in [0.5, 0.6) is 0 Å². The number of hydrogen-bond donors (Lipinski definition) is 1. The molecule has 2 aromatic heterocycles. The Balaban J connectivity index is 1.52. The van der Waals surface area contributed by atoms with Gasteiger partial charge in [-0.2, -0.15) is 0 Å². The van der Waals surface area contributed by atoms with Crippen molar-refractivity contribution >= 4 is 55.7 Å². The minimum Gasteiger partial charge on any atom is -0.325 e. The number of benzene rings is 1. The van der Waals surface area contributed by atoms with Crippen LogP contribution in [0.1, 0.15) is 29.7 Å². The Bertz CT molecular complexity index is 1040. The van der Waals surface area contributed by atoms with E-state index in [9.17, 15) is 9.59 Å². The molecule has 3 aromatic rings. The van der Waals surface area contributed by atoms with Crippen LogP contribution in [0.4, 0.5) is 5.69 Å². The number of aryl methyl sites for hydroxylation is 3. The molecular formula is C19H18IN3O2S. The first-order valence-electron chi connectivity index (χ1n) is 8.67. The molecule has 1 aliphatic rings. The van der Waals surface area contributed by atoms with Crippen LogP contribution in [-0.4, -0.2) is 15.5 Å². The van der Waals surface area contributed by atoms with Gasteiger partial charge in [0.2, 0.25) is 5.91 Å². The van der Waals surface area contributed by atoms with Crippen molar-refractivity contribution in [2.45, 2.75) is 38.6 Å². The van der Waals surface area contributed by atoms with Crippen LogP contribution in [0, 0.1) is 3.57 Å². The molecule has 0 spiro atoms. The van der Waals surface area contributed by atoms with Crippen molar-refractivity contribution in [3.63, 3.8) is 0 Å². The Morgan fingerprint density at radius 2 is 2.08 bits per heavy atom. The highest BCUT2D eigenvalue weighted by Gasteiger charge is 2.20. The van der Waals surface area contributed by atoms with E-state index in [-0.39, 0.29) is 17.9 Å². The second kappa shape index (κ2) is 7.48. The summed E-state index contributed by atoms with van der Waals surface area (Å²) in [5.74, 6) is -0.103. The van der Waals surface area contributed by atoms with Crippen molar-refractivity contribution in [3.05, 3.63) is 55.0 Å². The fourth-order valence-electron chi connectivity index (χ4n) is 3.34. The van der Waals surface area contributed by atoms with Gasteiger partial charge in [0.25, 0.3) is 5.56 Å². The molecule has 1 aliphatic carbocycles. The standard InChI is InChI=1S/C19H18IN3O2S/c20-13-6-2-3-7-14(13)22-16(24)9-10-23-11-21-18-17(19(23)25)12-5-1-4-8-15(12)26-18/h2-3,6-7,11H,1,4-5,8-10H2,(H,22,24). The summed E-state index contributed by atoms with van der Waals surface area (Å²) in [5.41, 5.74) is 1.97. The number of amides is 1. The van der Waals surface area contributed by atoms with Gasteiger partial charge in [0.1, 0.15) is 4.83 Å². The van der Waals surface area contributed by atoms with Gasteiger partial charge in [-0.3, -0.25) is 14.2 Å². The SMILES string of the molecule is O=C(CCn1cnc2sc3c(c2c1=O)CCCC3)Nc1ccccc1I. The minimum absolute atomic E-state index is 0.0171. The van der Waals surface area contributed by atoms with Gasteiger partial charge in [-0.1, -0.05) is 12.1 Å². The van der Waals surface area contributed by atoms with E-state index in [1.54, 1.807) is 22.2 Å². The molecule has 0 saturated carbocycles. The summed E-state index contributed by atoms with van der Waals surface area (Å²) < 4.78 is 2.56. The number of rotatable bonds is 4. The molecule has 0 fully saturated rings. The first-order valence-corrected chi connectivity index (χ1v) is 10.6. The normalized spacial score (nSPS) is 13.6. The Kier molecular flexibility index (Phi) is 5.08. The maximum Gasteiger partial charge on any atom is 0.262 e. The zero-order valence-corrected chi connectivity index (χ0v) is 17.1. The van der Waals surface area contributed by atoms with Gasteiger partial charge in [-0.15, -0.1) is 11.3 Å². The Morgan fingerprint density at radius 3 is 2.92 bits per heavy atom. The summed E-state index contributed by atoms with van der Waals surface area (Å²) in [6.45, 7) is 0.335. The lowest BCUT2D eigenvalue weighted by Crippen LogP contribution is -2.24. The van der Waals surface area contributed by atoms with Crippen molar-refractivity contribution in [1.29, 1.82) is 0 Å². The van der Waals surface area contributed by atoms with E-state index in [1.807, 2.05) is 24.3 Å². The van der Waals surface area contributed by atoms with Gasteiger partial charge in [0.15, 0.2) is 0 Å². The quantitative estimate of drug-likeness (QED) is 0.577. The second-order valence-corrected chi connectivity index (χ2v) is 8.66. The van der Waals surface area contributed by atoms with E-state index in [0.717, 1.165) is 38.7 Å². The number of nitrogens with zero attached hydrogens (tertiary/aromatic N) is 2. The van der Waals surface area contributed by atoms with Gasteiger partial charge in [-0.25, -0.2) is 4.98 Å². The van der Waals surface area contributed by atoms with E-state index in [4.69, 9.17) is 0 Å². The van der Waals surface area contributed by atoms with Crippen molar-refractivity contribution in [2.24, 2.45) is 0 Å². The number of anilines is 1. The van der Waals surface area contributed by atoms with Crippen LogP contribution in [0.15, 0.2) is 35.4 Å². The fourth-order valence-corrected chi connectivity index (χ4v) is 5.08. The third-order valence-corrected chi connectivity index (χ3v) is 6.81. The first kappa shape index (κ1) is 17.7. The number of aromatic nitrogens is 2. The predicted octanol–water partition coefficient (Wildman–Crippen LogP) is 3.97. The predicted molar refractivity (Wildman–Crippen MR) is 113 cm³/mol. The van der Waals surface area contributed by atoms with Crippen molar-refractivity contribution in [3.8, 4) is 0 Å². The maximum atomic E-state index is 12.9. The molecule has 0 saturated heterocycles. The number of hydrogen-bond acceptors (Lipinski definition) is 4. The average molecular weight is 479 g/mol. The summed E-state index contributed by atoms with van der Waals surface area (Å²) in [6, 6.07) is 7.63. The number of halogens is 1. The van der Waals surface area contributed by atoms with Crippen LogP contribution in [0.3, 0.4) is 0 Å². The molecule has 0 unspecified atom stereocenters. The van der Waals surface area contributed by atoms with Crippen LogP contribution in [0.2, 0.25) is 0 Å². The molecular weight excluding hydrogens is 461 g/mol. The van der Waals surface area contributed by atoms with E-state index in [1.165, 1.54) is 16.9 Å². The smallest absolute Gasteiger partial charge is 0.262 e. The maximum absolute atomic E-state index is 12.9. The molecule has 5 nitrogen and oxygen atoms in total. The summed E-state index contributed by atoms with van der Waals surface area (Å²) in [7, 11) is 0. The van der Waals surface area contributed by atoms with E-state index in [0.29, 0.717) is 6.54 Å². The van der Waals surface area contributed by atoms with Crippen molar-refractivity contribution < 1.29 is 4.79 Å². The number of nitrogens with one attached hydrogen (secondary N) is 1. The van der Waals surface area contributed by atoms with Gasteiger partial charge in [0.05, 0.1) is 17.4 Å². The third kappa shape index (κ3) is 3.42. The van der Waals surface area contributed by atoms with Gasteiger partial charge >= 0.3 is 0 Å². The first-order chi connectivity index (χ1) is 12.6. The number of carbonyl (C=O) groups is 1. The summed E-state index contributed by atoms with van der Waals surface area (Å²) in [6.07, 6.45) is 6.14. The summed E-state index contributed by atoms with van der Waals surface area (Å²) >= 11 is 3.83. The highest BCUT2D eigenvalue weighted by atomic mass is 127. The minimum atomic E-state index is -0.103. The number of fused-ring (bicyclic) bond motifs is 3. The van der Waals surface area contributed by atoms with Crippen LogP contribution in [-0.2, 0) is 24.2 Å². The largest absolute Gasteiger partial charge is 0.325 e. The highest BCUT2D eigenvalue weighted by molar-refractivity contribution is 14.1. The van der Waals surface area contributed by atoms with E-state index < -0.39 is 0 Å². The summed E-state index contributed by atoms with van der Waals surface area (Å²) in [5, 5.41) is 3.67. The van der Waals surface area contributed by atoms with Crippen LogP contribution >= 0.6 is 33.9 Å². The number of para-hydroxylation sites is 1. The fraction of sp³-hybridized carbons (Fsp3) is 0.316. The Morgan fingerprint density at radius 1 is 1.27 bits per heavy atom. The average Bonchev–Trinajstić information content (AvgIpc) is 3.02. The Labute approximate surface area is 168 Å². The van der Waals surface area contributed by atoms with E-state index in [2.05, 4.69) is 32.9 Å². The lowest BCUT2D eigenvalue weighted by molar-refractivity contribution is -0.116. The molecule has 1 amide bonds. The molecule has 1 aromatic carbocycles. The van der Waals surface area contributed by atoms with Gasteiger partial charge in [-0.05, 0) is 66.0 Å². The molecule has 0 atom stereocenters. The van der Waals surface area contributed by atoms with Crippen molar-refractivity contribution in [1.82, 2.24) is 9.55 Å². The highest BCUT2D eigenvalue weighted by Crippen LogP contribution is 2.33. The lowest BCUT2D eigenvalue weighted by Gasteiger charge is -2.11. The topological polar surface area (TPSA) is 64.0 Å². The second-order valence-electron chi connectivity index (χ2n) is 6.41. The molecule has 4 rings (SSSR count). The lowest BCUT2D eigenvalue weighted by atomic mass is 9.97. The van der Waals surface area contributed by atoms with Crippen LogP contribution in [0.25, 0.3) is 10.2 Å². The van der Waals surface area contributed by atoms with Crippen molar-refractivity contribution in [2.75, 3.05) is 5.32 Å². The number of carbonyl (C=O) groups excluding carboxylic acids is 1. The van der Waals surface area contributed by atoms with Gasteiger partial charge in [0, 0.05) is 21.4 Å². The molecule has 0 bridgehead atoms. The molecule has 26 heavy (non-hydrogen) atoms. The summed E-state index contributed by atoms with van der Waals surface area (Å²) in [4.78, 5) is 31.7. The zero-order chi connectivity index (χ0) is 18.1.